The van der Waals surface area contributed by atoms with E-state index in [1.807, 2.05) is 0 Å². The summed E-state index contributed by atoms with van der Waals surface area (Å²) in [6, 6.07) is 0. The van der Waals surface area contributed by atoms with Gasteiger partial charge in [0, 0.05) is 6.54 Å². The molecule has 5 heteroatoms. The lowest BCUT2D eigenvalue weighted by Gasteiger charge is -2.24. The number of aromatic nitrogens is 2. The van der Waals surface area contributed by atoms with Crippen molar-refractivity contribution in [3.8, 4) is 0 Å². The number of H-pyrrole nitrogens is 1. The van der Waals surface area contributed by atoms with Crippen molar-refractivity contribution in [2.75, 3.05) is 11.9 Å². The van der Waals surface area contributed by atoms with Gasteiger partial charge in [0.2, 0.25) is 5.13 Å². The molecule has 1 heterocycles. The molecule has 1 aromatic heterocycles. The van der Waals surface area contributed by atoms with Crippen molar-refractivity contribution in [3.63, 3.8) is 0 Å². The van der Waals surface area contributed by atoms with Crippen LogP contribution >= 0.6 is 23.6 Å². The highest BCUT2D eigenvalue weighted by atomic mass is 32.1. The van der Waals surface area contributed by atoms with E-state index in [-0.39, 0.29) is 0 Å². The van der Waals surface area contributed by atoms with E-state index in [0.29, 0.717) is 5.41 Å². The topological polar surface area (TPSA) is 40.7 Å². The highest BCUT2D eigenvalue weighted by Gasteiger charge is 2.17. The Balaban J connectivity index is 2.32. The Morgan fingerprint density at radius 2 is 2.19 bits per heavy atom. The van der Waals surface area contributed by atoms with Gasteiger partial charge in [-0.05, 0) is 24.1 Å². The van der Waals surface area contributed by atoms with E-state index in [0.717, 1.165) is 15.6 Å². The summed E-state index contributed by atoms with van der Waals surface area (Å²) in [7, 11) is 0. The molecule has 16 heavy (non-hydrogen) atoms. The van der Waals surface area contributed by atoms with Gasteiger partial charge in [-0.25, -0.2) is 0 Å². The second-order valence-corrected chi connectivity index (χ2v) is 6.56. The highest BCUT2D eigenvalue weighted by Crippen LogP contribution is 2.24. The average molecular weight is 259 g/mol. The Hall–Kier alpha value is -0.420. The van der Waals surface area contributed by atoms with E-state index in [4.69, 9.17) is 12.2 Å². The zero-order chi connectivity index (χ0) is 12.0. The van der Waals surface area contributed by atoms with Gasteiger partial charge < -0.3 is 5.32 Å². The molecule has 0 amide bonds. The first kappa shape index (κ1) is 13.6. The third-order valence-electron chi connectivity index (χ3n) is 2.61. The second kappa shape index (κ2) is 6.35. The molecule has 0 radical (unpaired) electrons. The zero-order valence-electron chi connectivity index (χ0n) is 10.3. The summed E-state index contributed by atoms with van der Waals surface area (Å²) in [5.74, 6) is 0. The zero-order valence-corrected chi connectivity index (χ0v) is 11.9. The van der Waals surface area contributed by atoms with Crippen LogP contribution in [0.2, 0.25) is 0 Å². The molecule has 3 nitrogen and oxygen atoms in total. The van der Waals surface area contributed by atoms with E-state index < -0.39 is 0 Å². The number of unbranched alkanes of at least 4 members (excludes halogenated alkanes) is 2. The van der Waals surface area contributed by atoms with Gasteiger partial charge in [-0.3, -0.25) is 5.10 Å². The van der Waals surface area contributed by atoms with Crippen LogP contribution in [0.3, 0.4) is 0 Å². The minimum atomic E-state index is 0.322. The normalized spacial score (nSPS) is 11.7. The maximum Gasteiger partial charge on any atom is 0.204 e. The van der Waals surface area contributed by atoms with Crippen molar-refractivity contribution in [3.05, 3.63) is 3.95 Å². The fourth-order valence-electron chi connectivity index (χ4n) is 1.56. The summed E-state index contributed by atoms with van der Waals surface area (Å²) in [5.41, 5.74) is 0.322. The lowest BCUT2D eigenvalue weighted by Crippen LogP contribution is -2.23. The first-order valence-electron chi connectivity index (χ1n) is 5.83. The van der Waals surface area contributed by atoms with Crippen molar-refractivity contribution in [1.82, 2.24) is 10.2 Å². The molecule has 1 rings (SSSR count). The van der Waals surface area contributed by atoms with E-state index >= 15 is 0 Å². The number of rotatable bonds is 7. The Morgan fingerprint density at radius 1 is 1.44 bits per heavy atom. The molecule has 0 atom stereocenters. The Kier molecular flexibility index (Phi) is 5.41. The van der Waals surface area contributed by atoms with Gasteiger partial charge in [-0.1, -0.05) is 51.4 Å². The van der Waals surface area contributed by atoms with Crippen molar-refractivity contribution in [2.24, 2.45) is 5.41 Å². The lowest BCUT2D eigenvalue weighted by atomic mass is 9.87. The van der Waals surface area contributed by atoms with E-state index in [2.05, 4.69) is 36.3 Å². The minimum Gasteiger partial charge on any atom is -0.360 e. The molecule has 92 valence electrons. The third kappa shape index (κ3) is 5.07. The van der Waals surface area contributed by atoms with Gasteiger partial charge in [0.05, 0.1) is 0 Å². The van der Waals surface area contributed by atoms with Crippen LogP contribution in [0.4, 0.5) is 5.13 Å². The quantitative estimate of drug-likeness (QED) is 0.569. The standard InChI is InChI=1S/C11H21N3S2/c1-4-5-6-7-11(2,3)8-12-9-13-14-10(15)16-9/h4-8H2,1-3H3,(H,12,13)(H,14,15). The number of aromatic amines is 1. The largest absolute Gasteiger partial charge is 0.360 e. The molecule has 0 aliphatic carbocycles. The van der Waals surface area contributed by atoms with Crippen LogP contribution in [-0.2, 0) is 0 Å². The first-order chi connectivity index (χ1) is 7.53. The maximum absolute atomic E-state index is 4.99. The molecular weight excluding hydrogens is 238 g/mol. The summed E-state index contributed by atoms with van der Waals surface area (Å²) < 4.78 is 0.728. The van der Waals surface area contributed by atoms with Gasteiger partial charge in [-0.15, -0.1) is 5.10 Å². The summed E-state index contributed by atoms with van der Waals surface area (Å²) in [4.78, 5) is 0. The van der Waals surface area contributed by atoms with Crippen LogP contribution in [-0.4, -0.2) is 16.7 Å². The van der Waals surface area contributed by atoms with Crippen molar-refractivity contribution >= 4 is 28.7 Å². The lowest BCUT2D eigenvalue weighted by molar-refractivity contribution is 0.342. The molecule has 2 N–H and O–H groups in total. The molecule has 0 aliphatic heterocycles. The third-order valence-corrected chi connectivity index (χ3v) is 3.66. The minimum absolute atomic E-state index is 0.322. The Labute approximate surface area is 107 Å². The van der Waals surface area contributed by atoms with Crippen LogP contribution in [0.5, 0.6) is 0 Å². The number of hydrogen-bond donors (Lipinski definition) is 2. The second-order valence-electron chi connectivity index (χ2n) is 4.89. The van der Waals surface area contributed by atoms with E-state index in [9.17, 15) is 0 Å². The number of nitrogens with zero attached hydrogens (tertiary/aromatic N) is 1. The smallest absolute Gasteiger partial charge is 0.204 e. The molecule has 0 saturated heterocycles. The van der Waals surface area contributed by atoms with Crippen molar-refractivity contribution in [1.29, 1.82) is 0 Å². The summed E-state index contributed by atoms with van der Waals surface area (Å²) in [6.45, 7) is 7.78. The monoisotopic (exact) mass is 259 g/mol. The van der Waals surface area contributed by atoms with Crippen LogP contribution < -0.4 is 5.32 Å². The molecule has 0 bridgehead atoms. The van der Waals surface area contributed by atoms with Gasteiger partial charge >= 0.3 is 0 Å². The highest BCUT2D eigenvalue weighted by molar-refractivity contribution is 7.73. The maximum atomic E-state index is 4.99. The molecule has 0 aromatic carbocycles. The predicted molar refractivity (Wildman–Crippen MR) is 73.7 cm³/mol. The molecule has 1 aromatic rings. The molecule has 0 saturated carbocycles. The fourth-order valence-corrected chi connectivity index (χ4v) is 2.35. The fraction of sp³-hybridized carbons (Fsp3) is 0.818. The Morgan fingerprint density at radius 3 is 2.75 bits per heavy atom. The number of nitrogens with one attached hydrogen (secondary N) is 2. The van der Waals surface area contributed by atoms with Crippen LogP contribution in [0.25, 0.3) is 0 Å². The van der Waals surface area contributed by atoms with Gasteiger partial charge in [0.15, 0.2) is 3.95 Å². The van der Waals surface area contributed by atoms with Crippen molar-refractivity contribution in [2.45, 2.75) is 46.5 Å². The van der Waals surface area contributed by atoms with Crippen LogP contribution in [0.1, 0.15) is 46.5 Å². The summed E-state index contributed by atoms with van der Waals surface area (Å²) in [5, 5.41) is 11.1. The number of anilines is 1. The first-order valence-corrected chi connectivity index (χ1v) is 7.05. The number of hydrogen-bond acceptors (Lipinski definition) is 4. The molecule has 0 spiro atoms. The van der Waals surface area contributed by atoms with Crippen LogP contribution in [0, 0.1) is 9.37 Å². The van der Waals surface area contributed by atoms with Crippen molar-refractivity contribution < 1.29 is 0 Å². The SMILES string of the molecule is CCCCCC(C)(C)CNc1n[nH]c(=S)s1. The van der Waals surface area contributed by atoms with Crippen LogP contribution in [0.15, 0.2) is 0 Å². The summed E-state index contributed by atoms with van der Waals surface area (Å²) in [6.07, 6.45) is 5.17. The Bertz CT molecular complexity index is 354. The van der Waals surface area contributed by atoms with E-state index in [1.54, 1.807) is 0 Å². The van der Waals surface area contributed by atoms with Gasteiger partial charge in [0.1, 0.15) is 0 Å². The van der Waals surface area contributed by atoms with Gasteiger partial charge in [0.25, 0.3) is 0 Å². The molecule has 0 fully saturated rings. The van der Waals surface area contributed by atoms with Gasteiger partial charge in [-0.2, -0.15) is 0 Å². The average Bonchev–Trinajstić information content (AvgIpc) is 2.62. The summed E-state index contributed by atoms with van der Waals surface area (Å²) >= 11 is 6.48. The molecule has 0 unspecified atom stereocenters. The van der Waals surface area contributed by atoms with E-state index in [1.165, 1.54) is 37.0 Å². The predicted octanol–water partition coefficient (Wildman–Crippen LogP) is 4.22. The molecular formula is C11H21N3S2. The molecule has 0 aliphatic rings.